The fraction of sp³-hybridized carbons (Fsp3) is 0.0588. The summed E-state index contributed by atoms with van der Waals surface area (Å²) in [6.45, 7) is 4.74. The second-order valence-electron chi connectivity index (χ2n) is 19.6. The predicted octanol–water partition coefficient (Wildman–Crippen LogP) is 17.7. The minimum absolute atomic E-state index is 0.151. The van der Waals surface area contributed by atoms with E-state index in [1.807, 2.05) is 0 Å². The van der Waals surface area contributed by atoms with Gasteiger partial charge in [0.1, 0.15) is 0 Å². The summed E-state index contributed by atoms with van der Waals surface area (Å²) in [5, 5.41) is 4.92. The van der Waals surface area contributed by atoms with Crippen LogP contribution >= 0.6 is 0 Å². The van der Waals surface area contributed by atoms with Gasteiger partial charge in [-0.2, -0.15) is 0 Å². The monoisotopic (exact) mass is 892 g/mol. The summed E-state index contributed by atoms with van der Waals surface area (Å²) in [7, 11) is 0. The zero-order chi connectivity index (χ0) is 46.6. The van der Waals surface area contributed by atoms with Crippen LogP contribution in [0, 0.1) is 0 Å². The molecule has 330 valence electrons. The van der Waals surface area contributed by atoms with E-state index < -0.39 is 5.41 Å². The van der Waals surface area contributed by atoms with Crippen molar-refractivity contribution in [2.24, 2.45) is 0 Å². The van der Waals surface area contributed by atoms with Crippen LogP contribution in [0.2, 0.25) is 0 Å². The summed E-state index contributed by atoms with van der Waals surface area (Å²) in [6, 6.07) is 94.9. The predicted molar refractivity (Wildman–Crippen MR) is 293 cm³/mol. The third kappa shape index (κ3) is 5.80. The third-order valence-corrected chi connectivity index (χ3v) is 15.7. The Morgan fingerprint density at radius 2 is 0.843 bits per heavy atom. The molecule has 2 nitrogen and oxygen atoms in total. The first-order valence-electron chi connectivity index (χ1n) is 24.5. The molecule has 2 heteroatoms. The Hall–Kier alpha value is -8.72. The normalized spacial score (nSPS) is 13.8. The van der Waals surface area contributed by atoms with E-state index in [1.54, 1.807) is 0 Å². The summed E-state index contributed by atoms with van der Waals surface area (Å²) in [4.78, 5) is 2.47. The zero-order valence-corrected chi connectivity index (χ0v) is 39.1. The summed E-state index contributed by atoms with van der Waals surface area (Å²) in [5.74, 6) is 0. The molecule has 11 aromatic carbocycles. The van der Waals surface area contributed by atoms with Crippen molar-refractivity contribution in [2.75, 3.05) is 4.90 Å². The summed E-state index contributed by atoms with van der Waals surface area (Å²) < 4.78 is 2.45. The van der Waals surface area contributed by atoms with E-state index in [4.69, 9.17) is 0 Å². The van der Waals surface area contributed by atoms with E-state index in [-0.39, 0.29) is 5.41 Å². The van der Waals surface area contributed by atoms with Crippen molar-refractivity contribution in [2.45, 2.75) is 24.7 Å². The van der Waals surface area contributed by atoms with Crippen LogP contribution < -0.4 is 4.90 Å². The highest BCUT2D eigenvalue weighted by molar-refractivity contribution is 6.11. The number of benzene rings is 11. The lowest BCUT2D eigenvalue weighted by atomic mass is 9.67. The second-order valence-corrected chi connectivity index (χ2v) is 19.6. The Labute approximate surface area is 409 Å². The molecule has 0 spiro atoms. The molecule has 0 saturated carbocycles. The topological polar surface area (TPSA) is 8.17 Å². The minimum atomic E-state index is -0.520. The van der Waals surface area contributed by atoms with Crippen molar-refractivity contribution in [3.05, 3.63) is 288 Å². The largest absolute Gasteiger partial charge is 0.310 e. The highest BCUT2D eigenvalue weighted by Gasteiger charge is 2.46. The first-order valence-corrected chi connectivity index (χ1v) is 24.5. The van der Waals surface area contributed by atoms with Gasteiger partial charge < -0.3 is 9.47 Å². The quantitative estimate of drug-likeness (QED) is 0.155. The van der Waals surface area contributed by atoms with Crippen LogP contribution in [-0.4, -0.2) is 4.57 Å². The Kier molecular flexibility index (Phi) is 8.88. The maximum absolute atomic E-state index is 2.51. The number of aromatic nitrogens is 1. The number of anilines is 3. The molecule has 2 aliphatic carbocycles. The molecule has 0 amide bonds. The molecular formula is C68H48N2. The van der Waals surface area contributed by atoms with Gasteiger partial charge in [-0.25, -0.2) is 0 Å². The van der Waals surface area contributed by atoms with Gasteiger partial charge in [-0.3, -0.25) is 0 Å². The van der Waals surface area contributed by atoms with E-state index in [0.29, 0.717) is 0 Å². The molecule has 0 atom stereocenters. The van der Waals surface area contributed by atoms with Crippen molar-refractivity contribution in [1.29, 1.82) is 0 Å². The number of hydrogen-bond donors (Lipinski definition) is 0. The highest BCUT2D eigenvalue weighted by atomic mass is 15.1. The van der Waals surface area contributed by atoms with Gasteiger partial charge >= 0.3 is 0 Å². The average molecular weight is 893 g/mol. The van der Waals surface area contributed by atoms with Crippen molar-refractivity contribution in [3.63, 3.8) is 0 Å². The van der Waals surface area contributed by atoms with Crippen molar-refractivity contribution in [3.8, 4) is 39.1 Å². The number of para-hydroxylation sites is 1. The standard InChI is InChI=1S/C68H48N2/c1-67(2)61-29-14-11-25-55(61)58-39-37-52(44-64(58)67)69(50-35-32-46(33-36-50)54-28-17-19-45-18-9-10-24-53(45)54)51-38-41-66-60(43-51)59-42-48(34-40-65(59)70(66)49-22-7-4-8-23-49)68(47-20-5-3-6-21-47)62-30-15-12-26-56(62)57-27-13-16-31-63(57)68/h3-44H,1-2H3. The molecule has 0 saturated heterocycles. The van der Waals surface area contributed by atoms with E-state index in [9.17, 15) is 0 Å². The Morgan fingerprint density at radius 1 is 0.329 bits per heavy atom. The van der Waals surface area contributed by atoms with Crippen LogP contribution in [0.3, 0.4) is 0 Å². The summed E-state index contributed by atoms with van der Waals surface area (Å²) in [5.41, 5.74) is 21.7. The lowest BCUT2D eigenvalue weighted by molar-refractivity contribution is 0.660. The fourth-order valence-electron chi connectivity index (χ4n) is 12.5. The SMILES string of the molecule is CC1(C)c2ccccc2-c2ccc(N(c3ccc(-c4cccc5ccccc45)cc3)c3ccc4c(c3)c3cc(C5(c6ccccc6)c6ccccc6-c6ccccc65)ccc3n4-c3ccccc3)cc21. The van der Waals surface area contributed by atoms with Crippen LogP contribution in [0.15, 0.2) is 255 Å². The Morgan fingerprint density at radius 3 is 1.57 bits per heavy atom. The molecule has 2 aliphatic rings. The lowest BCUT2D eigenvalue weighted by Crippen LogP contribution is -2.28. The van der Waals surface area contributed by atoms with Crippen molar-refractivity contribution >= 4 is 49.6 Å². The van der Waals surface area contributed by atoms with Gasteiger partial charge in [-0.05, 0) is 144 Å². The Bertz CT molecular complexity index is 3980. The molecule has 0 bridgehead atoms. The van der Waals surface area contributed by atoms with Gasteiger partial charge in [-0.15, -0.1) is 0 Å². The van der Waals surface area contributed by atoms with Gasteiger partial charge in [0, 0.05) is 38.9 Å². The van der Waals surface area contributed by atoms with E-state index in [1.165, 1.54) is 99.3 Å². The molecular weight excluding hydrogens is 845 g/mol. The van der Waals surface area contributed by atoms with Gasteiger partial charge in [0.2, 0.25) is 0 Å². The third-order valence-electron chi connectivity index (χ3n) is 15.7. The van der Waals surface area contributed by atoms with E-state index in [0.717, 1.165) is 22.7 Å². The molecule has 0 N–H and O–H groups in total. The van der Waals surface area contributed by atoms with Crippen LogP contribution in [0.5, 0.6) is 0 Å². The molecule has 0 fully saturated rings. The van der Waals surface area contributed by atoms with Crippen LogP contribution in [-0.2, 0) is 10.8 Å². The van der Waals surface area contributed by atoms with Crippen molar-refractivity contribution in [1.82, 2.24) is 4.57 Å². The zero-order valence-electron chi connectivity index (χ0n) is 39.1. The van der Waals surface area contributed by atoms with Gasteiger partial charge in [0.05, 0.1) is 16.4 Å². The van der Waals surface area contributed by atoms with Gasteiger partial charge in [-0.1, -0.05) is 202 Å². The number of fused-ring (bicyclic) bond motifs is 10. The number of rotatable bonds is 7. The minimum Gasteiger partial charge on any atom is -0.310 e. The maximum Gasteiger partial charge on any atom is 0.0713 e. The van der Waals surface area contributed by atoms with E-state index in [2.05, 4.69) is 278 Å². The molecule has 70 heavy (non-hydrogen) atoms. The summed E-state index contributed by atoms with van der Waals surface area (Å²) in [6.07, 6.45) is 0. The van der Waals surface area contributed by atoms with Crippen molar-refractivity contribution < 1.29 is 0 Å². The number of hydrogen-bond acceptors (Lipinski definition) is 1. The van der Waals surface area contributed by atoms with E-state index >= 15 is 0 Å². The molecule has 14 rings (SSSR count). The smallest absolute Gasteiger partial charge is 0.0713 e. The summed E-state index contributed by atoms with van der Waals surface area (Å²) >= 11 is 0. The average Bonchev–Trinajstić information content (AvgIpc) is 4.00. The maximum atomic E-state index is 2.51. The van der Waals surface area contributed by atoms with Gasteiger partial charge in [0.15, 0.2) is 0 Å². The second kappa shape index (κ2) is 15.4. The lowest BCUT2D eigenvalue weighted by Gasteiger charge is -2.34. The first kappa shape index (κ1) is 40.4. The number of nitrogens with zero attached hydrogens (tertiary/aromatic N) is 2. The Balaban J connectivity index is 1.01. The highest BCUT2D eigenvalue weighted by Crippen LogP contribution is 2.57. The molecule has 1 heterocycles. The van der Waals surface area contributed by atoms with Crippen LogP contribution in [0.4, 0.5) is 17.1 Å². The molecule has 0 radical (unpaired) electrons. The first-order chi connectivity index (χ1) is 34.5. The van der Waals surface area contributed by atoms with Crippen LogP contribution in [0.1, 0.15) is 47.2 Å². The van der Waals surface area contributed by atoms with Crippen LogP contribution in [0.25, 0.3) is 71.6 Å². The molecule has 12 aromatic rings. The van der Waals surface area contributed by atoms with Gasteiger partial charge in [0.25, 0.3) is 0 Å². The molecule has 0 aliphatic heterocycles. The fourth-order valence-corrected chi connectivity index (χ4v) is 12.5. The molecule has 1 aromatic heterocycles. The molecule has 0 unspecified atom stereocenters.